The van der Waals surface area contributed by atoms with Crippen molar-refractivity contribution in [2.45, 2.75) is 38.3 Å². The summed E-state index contributed by atoms with van der Waals surface area (Å²) in [4.78, 5) is 33.8. The summed E-state index contributed by atoms with van der Waals surface area (Å²) in [6.07, 6.45) is 1.97. The number of rotatable bonds is 9. The van der Waals surface area contributed by atoms with E-state index in [9.17, 15) is 14.4 Å². The van der Waals surface area contributed by atoms with Gasteiger partial charge in [-0.1, -0.05) is 13.0 Å². The van der Waals surface area contributed by atoms with Crippen molar-refractivity contribution in [2.24, 2.45) is 11.5 Å². The standard InChI is InChI=1S/C12H22N4O4/c1-7(10(17)16-8(2)12(19)20)15-11(18)9(14)5-3-4-6-13/h7,9H,2-6,13-14H2,1H3,(H,15,18)(H,16,17)(H,19,20)/t7-,9-/m0/s1. The van der Waals surface area contributed by atoms with Gasteiger partial charge in [-0.3, -0.25) is 9.59 Å². The van der Waals surface area contributed by atoms with Crippen molar-refractivity contribution in [1.82, 2.24) is 10.6 Å². The molecule has 0 spiro atoms. The summed E-state index contributed by atoms with van der Waals surface area (Å²) in [5.74, 6) is -2.47. The largest absolute Gasteiger partial charge is 0.477 e. The van der Waals surface area contributed by atoms with Gasteiger partial charge in [-0.25, -0.2) is 4.79 Å². The van der Waals surface area contributed by atoms with Gasteiger partial charge in [0.05, 0.1) is 6.04 Å². The summed E-state index contributed by atoms with van der Waals surface area (Å²) < 4.78 is 0. The number of carbonyl (C=O) groups is 3. The summed E-state index contributed by atoms with van der Waals surface area (Å²) in [5.41, 5.74) is 10.5. The number of hydrogen-bond donors (Lipinski definition) is 5. The summed E-state index contributed by atoms with van der Waals surface area (Å²) in [5, 5.41) is 13.1. The maximum absolute atomic E-state index is 11.7. The molecule has 0 aliphatic carbocycles. The molecule has 0 aromatic heterocycles. The van der Waals surface area contributed by atoms with Gasteiger partial charge in [0.25, 0.3) is 0 Å². The Morgan fingerprint density at radius 1 is 1.25 bits per heavy atom. The van der Waals surface area contributed by atoms with Gasteiger partial charge in [-0.05, 0) is 26.3 Å². The number of nitrogens with one attached hydrogen (secondary N) is 2. The molecule has 0 heterocycles. The van der Waals surface area contributed by atoms with Crippen LogP contribution in [0.2, 0.25) is 0 Å². The molecule has 20 heavy (non-hydrogen) atoms. The number of carboxylic acids is 1. The first-order chi connectivity index (χ1) is 9.29. The van der Waals surface area contributed by atoms with Crippen molar-refractivity contribution in [3.63, 3.8) is 0 Å². The molecule has 0 radical (unpaired) electrons. The lowest BCUT2D eigenvalue weighted by Gasteiger charge is -2.17. The van der Waals surface area contributed by atoms with Crippen LogP contribution in [0.1, 0.15) is 26.2 Å². The minimum absolute atomic E-state index is 0.455. The van der Waals surface area contributed by atoms with E-state index in [0.717, 1.165) is 12.8 Å². The first-order valence-corrected chi connectivity index (χ1v) is 6.28. The number of aliphatic carboxylic acids is 1. The van der Waals surface area contributed by atoms with E-state index < -0.39 is 35.6 Å². The van der Waals surface area contributed by atoms with E-state index in [1.807, 2.05) is 0 Å². The molecule has 0 aromatic carbocycles. The highest BCUT2D eigenvalue weighted by atomic mass is 16.4. The molecule has 0 saturated carbocycles. The van der Waals surface area contributed by atoms with E-state index in [1.54, 1.807) is 0 Å². The van der Waals surface area contributed by atoms with Crippen molar-refractivity contribution in [1.29, 1.82) is 0 Å². The van der Waals surface area contributed by atoms with Crippen LogP contribution in [0, 0.1) is 0 Å². The SMILES string of the molecule is C=C(NC(=O)[C@H](C)NC(=O)[C@@H](N)CCCCN)C(=O)O. The lowest BCUT2D eigenvalue weighted by atomic mass is 10.1. The minimum Gasteiger partial charge on any atom is -0.477 e. The molecular weight excluding hydrogens is 264 g/mol. The molecule has 0 fully saturated rings. The Bertz CT molecular complexity index is 384. The van der Waals surface area contributed by atoms with E-state index in [4.69, 9.17) is 16.6 Å². The van der Waals surface area contributed by atoms with Crippen LogP contribution < -0.4 is 22.1 Å². The Kier molecular flexibility index (Phi) is 8.18. The molecule has 0 aromatic rings. The molecule has 0 rings (SSSR count). The molecule has 114 valence electrons. The summed E-state index contributed by atoms with van der Waals surface area (Å²) >= 11 is 0. The highest BCUT2D eigenvalue weighted by Crippen LogP contribution is 1.99. The Balaban J connectivity index is 4.20. The zero-order valence-corrected chi connectivity index (χ0v) is 11.5. The first kappa shape index (κ1) is 18.1. The van der Waals surface area contributed by atoms with Gasteiger partial charge >= 0.3 is 5.97 Å². The molecule has 2 atom stereocenters. The monoisotopic (exact) mass is 286 g/mol. The average Bonchev–Trinajstić information content (AvgIpc) is 2.38. The smallest absolute Gasteiger partial charge is 0.351 e. The van der Waals surface area contributed by atoms with Crippen LogP contribution in [0.3, 0.4) is 0 Å². The zero-order chi connectivity index (χ0) is 15.7. The van der Waals surface area contributed by atoms with Gasteiger partial charge in [-0.15, -0.1) is 0 Å². The predicted octanol–water partition coefficient (Wildman–Crippen LogP) is -1.34. The van der Waals surface area contributed by atoms with Crippen LogP contribution >= 0.6 is 0 Å². The Morgan fingerprint density at radius 2 is 1.85 bits per heavy atom. The maximum Gasteiger partial charge on any atom is 0.351 e. The van der Waals surface area contributed by atoms with Crippen LogP contribution in [0.25, 0.3) is 0 Å². The third kappa shape index (κ3) is 6.86. The second kappa shape index (κ2) is 9.05. The van der Waals surface area contributed by atoms with E-state index in [-0.39, 0.29) is 0 Å². The molecular formula is C12H22N4O4. The van der Waals surface area contributed by atoms with Crippen molar-refractivity contribution < 1.29 is 19.5 Å². The zero-order valence-electron chi connectivity index (χ0n) is 11.5. The highest BCUT2D eigenvalue weighted by molar-refractivity contribution is 5.95. The average molecular weight is 286 g/mol. The molecule has 2 amide bonds. The van der Waals surface area contributed by atoms with Gasteiger partial charge in [0.15, 0.2) is 0 Å². The normalized spacial score (nSPS) is 13.2. The first-order valence-electron chi connectivity index (χ1n) is 6.28. The third-order valence-corrected chi connectivity index (χ3v) is 2.59. The summed E-state index contributed by atoms with van der Waals surface area (Å²) in [7, 11) is 0. The molecule has 0 bridgehead atoms. The number of nitrogens with two attached hydrogens (primary N) is 2. The van der Waals surface area contributed by atoms with Crippen LogP contribution in [0.5, 0.6) is 0 Å². The second-order valence-electron chi connectivity index (χ2n) is 4.39. The number of hydrogen-bond acceptors (Lipinski definition) is 5. The van der Waals surface area contributed by atoms with Crippen molar-refractivity contribution in [3.05, 3.63) is 12.3 Å². The molecule has 0 aliphatic rings. The van der Waals surface area contributed by atoms with E-state index in [2.05, 4.69) is 17.2 Å². The molecule has 0 unspecified atom stereocenters. The van der Waals surface area contributed by atoms with Gasteiger partial charge in [0, 0.05) is 0 Å². The van der Waals surface area contributed by atoms with Gasteiger partial charge in [-0.2, -0.15) is 0 Å². The van der Waals surface area contributed by atoms with E-state index in [0.29, 0.717) is 13.0 Å². The van der Waals surface area contributed by atoms with Gasteiger partial charge in [0.1, 0.15) is 11.7 Å². The Hall–Kier alpha value is -1.93. The third-order valence-electron chi connectivity index (χ3n) is 2.59. The van der Waals surface area contributed by atoms with E-state index in [1.165, 1.54) is 6.92 Å². The van der Waals surface area contributed by atoms with Gasteiger partial charge < -0.3 is 27.2 Å². The summed E-state index contributed by atoms with van der Waals surface area (Å²) in [6, 6.07) is -1.63. The lowest BCUT2D eigenvalue weighted by Crippen LogP contribution is -2.50. The molecule has 8 heteroatoms. The topological polar surface area (TPSA) is 148 Å². The molecule has 7 N–H and O–H groups in total. The van der Waals surface area contributed by atoms with E-state index >= 15 is 0 Å². The minimum atomic E-state index is -1.34. The number of unbranched alkanes of at least 4 members (excludes halogenated alkanes) is 1. The number of amides is 2. The fourth-order valence-electron chi connectivity index (χ4n) is 1.34. The molecule has 8 nitrogen and oxygen atoms in total. The second-order valence-corrected chi connectivity index (χ2v) is 4.39. The lowest BCUT2D eigenvalue weighted by molar-refractivity contribution is -0.135. The van der Waals surface area contributed by atoms with Crippen molar-refractivity contribution >= 4 is 17.8 Å². The molecule has 0 aliphatic heterocycles. The predicted molar refractivity (Wildman–Crippen MR) is 73.4 cm³/mol. The Morgan fingerprint density at radius 3 is 2.35 bits per heavy atom. The van der Waals surface area contributed by atoms with Crippen LogP contribution in [0.4, 0.5) is 0 Å². The summed E-state index contributed by atoms with van der Waals surface area (Å²) in [6.45, 7) is 5.12. The quantitative estimate of drug-likeness (QED) is 0.262. The van der Waals surface area contributed by atoms with Crippen LogP contribution in [-0.2, 0) is 14.4 Å². The van der Waals surface area contributed by atoms with Gasteiger partial charge in [0.2, 0.25) is 11.8 Å². The van der Waals surface area contributed by atoms with Crippen molar-refractivity contribution in [3.8, 4) is 0 Å². The fraction of sp³-hybridized carbons (Fsp3) is 0.583. The Labute approximate surface area is 117 Å². The highest BCUT2D eigenvalue weighted by Gasteiger charge is 2.21. The van der Waals surface area contributed by atoms with Crippen LogP contribution in [-0.4, -0.2) is 41.5 Å². The maximum atomic E-state index is 11.7. The number of carboxylic acid groups (broad SMARTS) is 1. The molecule has 0 saturated heterocycles. The fourth-order valence-corrected chi connectivity index (χ4v) is 1.34. The van der Waals surface area contributed by atoms with Crippen molar-refractivity contribution in [2.75, 3.05) is 6.54 Å². The number of carbonyl (C=O) groups excluding carboxylic acids is 2. The van der Waals surface area contributed by atoms with Crippen LogP contribution in [0.15, 0.2) is 12.3 Å².